The van der Waals surface area contributed by atoms with Crippen molar-refractivity contribution in [2.24, 2.45) is 0 Å². The largest absolute Gasteiger partial charge is 0.497 e. The molecular weight excluding hydrogens is 364 g/mol. The number of piperazine rings is 1. The standard InChI is InChI=1S/C23H26N4O2/c1-3-26-12-14-27(15-13-26)22-7-5-4-6-20(22)25-23(28)21-10-8-17-16-18(29-2)9-11-19(17)24-21/h4-11,16H,3,12-15H2,1-2H3,(H,25,28). The first kappa shape index (κ1) is 19.2. The van der Waals surface area contributed by atoms with Crippen LogP contribution in [0.4, 0.5) is 11.4 Å². The zero-order valence-corrected chi connectivity index (χ0v) is 16.9. The second-order valence-corrected chi connectivity index (χ2v) is 7.15. The predicted octanol–water partition coefficient (Wildman–Crippen LogP) is 3.64. The van der Waals surface area contributed by atoms with Crippen LogP contribution in [0.3, 0.4) is 0 Å². The summed E-state index contributed by atoms with van der Waals surface area (Å²) in [5.41, 5.74) is 3.04. The number of para-hydroxylation sites is 2. The number of carbonyl (C=O) groups excluding carboxylic acids is 1. The van der Waals surface area contributed by atoms with Gasteiger partial charge in [-0.3, -0.25) is 4.79 Å². The number of benzene rings is 2. The molecule has 0 saturated carbocycles. The van der Waals surface area contributed by atoms with E-state index in [0.29, 0.717) is 5.69 Å². The lowest BCUT2D eigenvalue weighted by atomic mass is 10.1. The molecule has 4 rings (SSSR count). The van der Waals surface area contributed by atoms with Crippen molar-refractivity contribution >= 4 is 28.2 Å². The van der Waals surface area contributed by atoms with E-state index in [0.717, 1.165) is 60.8 Å². The molecule has 29 heavy (non-hydrogen) atoms. The van der Waals surface area contributed by atoms with Crippen LogP contribution < -0.4 is 15.0 Å². The quantitative estimate of drug-likeness (QED) is 0.721. The summed E-state index contributed by atoms with van der Waals surface area (Å²) >= 11 is 0. The molecule has 0 aliphatic carbocycles. The summed E-state index contributed by atoms with van der Waals surface area (Å²) in [6.45, 7) is 7.25. The van der Waals surface area contributed by atoms with Crippen LogP contribution in [0.2, 0.25) is 0 Å². The lowest BCUT2D eigenvalue weighted by Gasteiger charge is -2.36. The van der Waals surface area contributed by atoms with E-state index in [1.807, 2.05) is 42.5 Å². The molecule has 1 fully saturated rings. The second kappa shape index (κ2) is 8.49. The van der Waals surface area contributed by atoms with Crippen molar-refractivity contribution in [3.05, 3.63) is 60.3 Å². The lowest BCUT2D eigenvalue weighted by Crippen LogP contribution is -2.46. The molecule has 1 aliphatic heterocycles. The maximum absolute atomic E-state index is 12.9. The molecular formula is C23H26N4O2. The Morgan fingerprint density at radius 3 is 2.62 bits per heavy atom. The van der Waals surface area contributed by atoms with Gasteiger partial charge in [-0.05, 0) is 42.9 Å². The SMILES string of the molecule is CCN1CCN(c2ccccc2NC(=O)c2ccc3cc(OC)ccc3n2)CC1. The molecule has 2 aromatic carbocycles. The van der Waals surface area contributed by atoms with E-state index in [1.165, 1.54) is 0 Å². The van der Waals surface area contributed by atoms with Crippen LogP contribution in [0.5, 0.6) is 5.75 Å². The minimum absolute atomic E-state index is 0.206. The number of fused-ring (bicyclic) bond motifs is 1. The van der Waals surface area contributed by atoms with Crippen molar-refractivity contribution in [1.29, 1.82) is 0 Å². The first-order valence-electron chi connectivity index (χ1n) is 10.0. The monoisotopic (exact) mass is 390 g/mol. The number of hydrogen-bond acceptors (Lipinski definition) is 5. The maximum atomic E-state index is 12.9. The summed E-state index contributed by atoms with van der Waals surface area (Å²) in [6.07, 6.45) is 0. The molecule has 0 spiro atoms. The maximum Gasteiger partial charge on any atom is 0.274 e. The van der Waals surface area contributed by atoms with Gasteiger partial charge in [0.2, 0.25) is 0 Å². The van der Waals surface area contributed by atoms with Crippen molar-refractivity contribution in [3.8, 4) is 5.75 Å². The number of nitrogens with zero attached hydrogens (tertiary/aromatic N) is 3. The second-order valence-electron chi connectivity index (χ2n) is 7.15. The summed E-state index contributed by atoms with van der Waals surface area (Å²) in [5, 5.41) is 4.00. The van der Waals surface area contributed by atoms with Gasteiger partial charge in [0.15, 0.2) is 0 Å². The molecule has 1 N–H and O–H groups in total. The van der Waals surface area contributed by atoms with E-state index >= 15 is 0 Å². The van der Waals surface area contributed by atoms with Crippen molar-refractivity contribution in [2.45, 2.75) is 6.92 Å². The van der Waals surface area contributed by atoms with Gasteiger partial charge >= 0.3 is 0 Å². The number of likely N-dealkylation sites (N-methyl/N-ethyl adjacent to an activating group) is 1. The number of aromatic nitrogens is 1. The zero-order valence-electron chi connectivity index (χ0n) is 16.9. The normalized spacial score (nSPS) is 14.8. The number of anilines is 2. The van der Waals surface area contributed by atoms with Crippen LogP contribution in [0.1, 0.15) is 17.4 Å². The molecule has 6 nitrogen and oxygen atoms in total. The van der Waals surface area contributed by atoms with Crippen LogP contribution in [0.15, 0.2) is 54.6 Å². The highest BCUT2D eigenvalue weighted by Crippen LogP contribution is 2.27. The van der Waals surface area contributed by atoms with Gasteiger partial charge in [0.05, 0.1) is 24.0 Å². The average Bonchev–Trinajstić information content (AvgIpc) is 2.78. The zero-order chi connectivity index (χ0) is 20.2. The van der Waals surface area contributed by atoms with Crippen molar-refractivity contribution < 1.29 is 9.53 Å². The van der Waals surface area contributed by atoms with Crippen molar-refractivity contribution in [1.82, 2.24) is 9.88 Å². The summed E-state index contributed by atoms with van der Waals surface area (Å²) in [6, 6.07) is 17.3. The molecule has 1 saturated heterocycles. The molecule has 0 radical (unpaired) electrons. The number of amides is 1. The van der Waals surface area contributed by atoms with E-state index in [1.54, 1.807) is 13.2 Å². The Bertz CT molecular complexity index is 1010. The van der Waals surface area contributed by atoms with E-state index < -0.39 is 0 Å². The Kier molecular flexibility index (Phi) is 5.62. The summed E-state index contributed by atoms with van der Waals surface area (Å²) in [5.74, 6) is 0.566. The van der Waals surface area contributed by atoms with Gasteiger partial charge in [-0.2, -0.15) is 0 Å². The number of rotatable bonds is 5. The topological polar surface area (TPSA) is 57.7 Å². The van der Waals surface area contributed by atoms with Gasteiger partial charge in [0.1, 0.15) is 11.4 Å². The summed E-state index contributed by atoms with van der Waals surface area (Å²) in [4.78, 5) is 22.2. The van der Waals surface area contributed by atoms with E-state index in [9.17, 15) is 4.79 Å². The lowest BCUT2D eigenvalue weighted by molar-refractivity contribution is 0.102. The molecule has 3 aromatic rings. The van der Waals surface area contributed by atoms with Crippen LogP contribution in [-0.4, -0.2) is 55.6 Å². The van der Waals surface area contributed by atoms with E-state index in [-0.39, 0.29) is 5.91 Å². The van der Waals surface area contributed by atoms with E-state index in [4.69, 9.17) is 4.74 Å². The molecule has 0 unspecified atom stereocenters. The molecule has 1 aliphatic rings. The van der Waals surface area contributed by atoms with Crippen molar-refractivity contribution in [2.75, 3.05) is 50.1 Å². The van der Waals surface area contributed by atoms with Gasteiger partial charge < -0.3 is 19.9 Å². The first-order chi connectivity index (χ1) is 14.2. The predicted molar refractivity (Wildman–Crippen MR) is 117 cm³/mol. The highest BCUT2D eigenvalue weighted by atomic mass is 16.5. The minimum atomic E-state index is -0.206. The molecule has 150 valence electrons. The third-order valence-corrected chi connectivity index (χ3v) is 5.44. The molecule has 0 atom stereocenters. The smallest absolute Gasteiger partial charge is 0.274 e. The van der Waals surface area contributed by atoms with Gasteiger partial charge in [-0.25, -0.2) is 4.98 Å². The molecule has 1 aromatic heterocycles. The van der Waals surface area contributed by atoms with Crippen LogP contribution in [-0.2, 0) is 0 Å². The number of methoxy groups -OCH3 is 1. The first-order valence-corrected chi connectivity index (χ1v) is 10.0. The van der Waals surface area contributed by atoms with Crippen LogP contribution in [0, 0.1) is 0 Å². The molecule has 1 amide bonds. The Balaban J connectivity index is 1.54. The Morgan fingerprint density at radius 1 is 1.07 bits per heavy atom. The van der Waals surface area contributed by atoms with E-state index in [2.05, 4.69) is 33.1 Å². The van der Waals surface area contributed by atoms with Gasteiger partial charge in [-0.1, -0.05) is 25.1 Å². The Morgan fingerprint density at radius 2 is 1.86 bits per heavy atom. The fourth-order valence-corrected chi connectivity index (χ4v) is 3.70. The Hall–Kier alpha value is -3.12. The van der Waals surface area contributed by atoms with Gasteiger partial charge in [-0.15, -0.1) is 0 Å². The number of nitrogens with one attached hydrogen (secondary N) is 1. The summed E-state index contributed by atoms with van der Waals surface area (Å²) < 4.78 is 5.25. The molecule has 2 heterocycles. The number of pyridine rings is 1. The Labute approximate surface area is 171 Å². The summed E-state index contributed by atoms with van der Waals surface area (Å²) in [7, 11) is 1.63. The van der Waals surface area contributed by atoms with Gasteiger partial charge in [0.25, 0.3) is 5.91 Å². The fraction of sp³-hybridized carbons (Fsp3) is 0.304. The molecule has 0 bridgehead atoms. The highest BCUT2D eigenvalue weighted by Gasteiger charge is 2.19. The minimum Gasteiger partial charge on any atom is -0.497 e. The number of ether oxygens (including phenoxy) is 1. The van der Waals surface area contributed by atoms with Crippen molar-refractivity contribution in [3.63, 3.8) is 0 Å². The number of carbonyl (C=O) groups is 1. The highest BCUT2D eigenvalue weighted by molar-refractivity contribution is 6.05. The fourth-order valence-electron chi connectivity index (χ4n) is 3.70. The average molecular weight is 390 g/mol. The molecule has 6 heteroatoms. The number of hydrogen-bond donors (Lipinski definition) is 1. The van der Waals surface area contributed by atoms with Gasteiger partial charge in [0, 0.05) is 31.6 Å². The third kappa shape index (κ3) is 4.17. The van der Waals surface area contributed by atoms with Crippen LogP contribution >= 0.6 is 0 Å². The third-order valence-electron chi connectivity index (χ3n) is 5.44. The van der Waals surface area contributed by atoms with Crippen LogP contribution in [0.25, 0.3) is 10.9 Å².